The summed E-state index contributed by atoms with van der Waals surface area (Å²) in [7, 11) is 0. The van der Waals surface area contributed by atoms with Gasteiger partial charge in [-0.05, 0) is 37.5 Å². The highest BCUT2D eigenvalue weighted by Crippen LogP contribution is 2.43. The average molecular weight is 185 g/mol. The van der Waals surface area contributed by atoms with Gasteiger partial charge in [-0.3, -0.25) is 0 Å². The van der Waals surface area contributed by atoms with E-state index in [0.717, 1.165) is 12.3 Å². The Morgan fingerprint density at radius 1 is 1.62 bits per heavy atom. The van der Waals surface area contributed by atoms with Crippen LogP contribution in [0.3, 0.4) is 0 Å². The SMILES string of the molecule is CC1CCCC(CCO)(C(C)N)C1. The molecule has 0 heterocycles. The molecule has 1 saturated carbocycles. The third kappa shape index (κ3) is 2.44. The maximum Gasteiger partial charge on any atom is 0.0436 e. The summed E-state index contributed by atoms with van der Waals surface area (Å²) < 4.78 is 0. The van der Waals surface area contributed by atoms with E-state index < -0.39 is 0 Å². The molecule has 3 N–H and O–H groups in total. The summed E-state index contributed by atoms with van der Waals surface area (Å²) in [6.45, 7) is 4.68. The second kappa shape index (κ2) is 4.43. The van der Waals surface area contributed by atoms with Gasteiger partial charge in [0.15, 0.2) is 0 Å². The number of aliphatic hydroxyl groups is 1. The summed E-state index contributed by atoms with van der Waals surface area (Å²) in [6.07, 6.45) is 5.90. The van der Waals surface area contributed by atoms with Gasteiger partial charge in [-0.2, -0.15) is 0 Å². The summed E-state index contributed by atoms with van der Waals surface area (Å²) >= 11 is 0. The Balaban J connectivity index is 2.64. The summed E-state index contributed by atoms with van der Waals surface area (Å²) in [5.41, 5.74) is 6.27. The van der Waals surface area contributed by atoms with Crippen molar-refractivity contribution in [2.75, 3.05) is 6.61 Å². The van der Waals surface area contributed by atoms with E-state index >= 15 is 0 Å². The zero-order chi connectivity index (χ0) is 9.90. The Kier molecular flexibility index (Phi) is 3.74. The molecule has 0 radical (unpaired) electrons. The molecule has 78 valence electrons. The molecule has 1 aliphatic rings. The lowest BCUT2D eigenvalue weighted by Crippen LogP contribution is -2.43. The van der Waals surface area contributed by atoms with Gasteiger partial charge in [0.05, 0.1) is 0 Å². The van der Waals surface area contributed by atoms with Gasteiger partial charge >= 0.3 is 0 Å². The molecule has 0 bridgehead atoms. The molecule has 1 fully saturated rings. The number of hydrogen-bond donors (Lipinski definition) is 2. The minimum atomic E-state index is 0.224. The van der Waals surface area contributed by atoms with Crippen LogP contribution in [0, 0.1) is 11.3 Å². The van der Waals surface area contributed by atoms with Gasteiger partial charge in [0.1, 0.15) is 0 Å². The van der Waals surface area contributed by atoms with E-state index in [9.17, 15) is 0 Å². The molecule has 0 amide bonds. The molecule has 0 aromatic rings. The van der Waals surface area contributed by atoms with Crippen LogP contribution in [0.25, 0.3) is 0 Å². The van der Waals surface area contributed by atoms with Crippen molar-refractivity contribution in [3.8, 4) is 0 Å². The third-order valence-electron chi connectivity index (χ3n) is 3.70. The maximum atomic E-state index is 9.06. The van der Waals surface area contributed by atoms with Crippen molar-refractivity contribution in [1.29, 1.82) is 0 Å². The monoisotopic (exact) mass is 185 g/mol. The molecule has 3 atom stereocenters. The van der Waals surface area contributed by atoms with Crippen LogP contribution in [0.5, 0.6) is 0 Å². The normalized spacial score (nSPS) is 37.4. The largest absolute Gasteiger partial charge is 0.396 e. The number of nitrogens with two attached hydrogens (primary N) is 1. The third-order valence-corrected chi connectivity index (χ3v) is 3.70. The zero-order valence-electron chi connectivity index (χ0n) is 8.92. The summed E-state index contributed by atoms with van der Waals surface area (Å²) in [5, 5.41) is 9.06. The predicted molar refractivity (Wildman–Crippen MR) is 55.4 cm³/mol. The van der Waals surface area contributed by atoms with Crippen LogP contribution in [0.15, 0.2) is 0 Å². The van der Waals surface area contributed by atoms with E-state index in [-0.39, 0.29) is 18.1 Å². The zero-order valence-corrected chi connectivity index (χ0v) is 8.92. The van der Waals surface area contributed by atoms with Gasteiger partial charge in [0.2, 0.25) is 0 Å². The Bertz CT molecular complexity index is 154. The van der Waals surface area contributed by atoms with Crippen molar-refractivity contribution < 1.29 is 5.11 Å². The molecule has 1 rings (SSSR count). The van der Waals surface area contributed by atoms with Crippen LogP contribution >= 0.6 is 0 Å². The first-order chi connectivity index (χ1) is 6.10. The quantitative estimate of drug-likeness (QED) is 0.705. The molecule has 2 heteroatoms. The Morgan fingerprint density at radius 2 is 2.31 bits per heavy atom. The fourth-order valence-electron chi connectivity index (χ4n) is 2.79. The Morgan fingerprint density at radius 3 is 2.77 bits per heavy atom. The van der Waals surface area contributed by atoms with Gasteiger partial charge in [0, 0.05) is 12.6 Å². The lowest BCUT2D eigenvalue weighted by Gasteiger charge is -2.43. The number of aliphatic hydroxyl groups excluding tert-OH is 1. The minimum absolute atomic E-state index is 0.224. The van der Waals surface area contributed by atoms with E-state index in [1.807, 2.05) is 0 Å². The molecular formula is C11H23NO. The Hall–Kier alpha value is -0.0800. The van der Waals surface area contributed by atoms with Crippen LogP contribution in [0.1, 0.15) is 46.0 Å². The highest BCUT2D eigenvalue weighted by Gasteiger charge is 2.37. The van der Waals surface area contributed by atoms with E-state index in [0.29, 0.717) is 0 Å². The smallest absolute Gasteiger partial charge is 0.0436 e. The molecule has 1 aliphatic carbocycles. The summed E-state index contributed by atoms with van der Waals surface area (Å²) in [6, 6.07) is 0.224. The molecule has 0 aromatic carbocycles. The van der Waals surface area contributed by atoms with Crippen LogP contribution < -0.4 is 5.73 Å². The highest BCUT2D eigenvalue weighted by atomic mass is 16.3. The van der Waals surface area contributed by atoms with Crippen LogP contribution in [0.4, 0.5) is 0 Å². The van der Waals surface area contributed by atoms with Gasteiger partial charge in [-0.1, -0.05) is 19.8 Å². The standard InChI is InChI=1S/C11H23NO/c1-9-4-3-5-11(8-9,6-7-13)10(2)12/h9-10,13H,3-8,12H2,1-2H3. The fourth-order valence-corrected chi connectivity index (χ4v) is 2.79. The lowest BCUT2D eigenvalue weighted by atomic mass is 9.65. The van der Waals surface area contributed by atoms with E-state index in [1.54, 1.807) is 0 Å². The molecule has 13 heavy (non-hydrogen) atoms. The van der Waals surface area contributed by atoms with E-state index in [2.05, 4.69) is 13.8 Å². The molecule has 3 unspecified atom stereocenters. The van der Waals surface area contributed by atoms with Crippen molar-refractivity contribution in [3.63, 3.8) is 0 Å². The van der Waals surface area contributed by atoms with Crippen LogP contribution in [0.2, 0.25) is 0 Å². The topological polar surface area (TPSA) is 46.2 Å². The first-order valence-corrected chi connectivity index (χ1v) is 5.47. The van der Waals surface area contributed by atoms with Crippen LogP contribution in [-0.4, -0.2) is 17.8 Å². The van der Waals surface area contributed by atoms with Crippen molar-refractivity contribution in [2.45, 2.75) is 52.0 Å². The second-order valence-corrected chi connectivity index (χ2v) is 4.83. The van der Waals surface area contributed by atoms with Crippen molar-refractivity contribution in [1.82, 2.24) is 0 Å². The minimum Gasteiger partial charge on any atom is -0.396 e. The van der Waals surface area contributed by atoms with Crippen molar-refractivity contribution >= 4 is 0 Å². The molecule has 0 spiro atoms. The highest BCUT2D eigenvalue weighted by molar-refractivity contribution is 4.91. The molecule has 0 saturated heterocycles. The van der Waals surface area contributed by atoms with Gasteiger partial charge < -0.3 is 10.8 Å². The van der Waals surface area contributed by atoms with Gasteiger partial charge in [-0.25, -0.2) is 0 Å². The molecule has 0 aliphatic heterocycles. The number of rotatable bonds is 3. The maximum absolute atomic E-state index is 9.06. The molecule has 2 nitrogen and oxygen atoms in total. The first-order valence-electron chi connectivity index (χ1n) is 5.47. The second-order valence-electron chi connectivity index (χ2n) is 4.83. The number of hydrogen-bond acceptors (Lipinski definition) is 2. The van der Waals surface area contributed by atoms with Crippen molar-refractivity contribution in [3.05, 3.63) is 0 Å². The lowest BCUT2D eigenvalue weighted by molar-refractivity contribution is 0.0795. The van der Waals surface area contributed by atoms with E-state index in [1.165, 1.54) is 25.7 Å². The van der Waals surface area contributed by atoms with Gasteiger partial charge in [0.25, 0.3) is 0 Å². The summed E-state index contributed by atoms with van der Waals surface area (Å²) in [4.78, 5) is 0. The van der Waals surface area contributed by atoms with Gasteiger partial charge in [-0.15, -0.1) is 0 Å². The van der Waals surface area contributed by atoms with Crippen LogP contribution in [-0.2, 0) is 0 Å². The molecule has 0 aromatic heterocycles. The van der Waals surface area contributed by atoms with Crippen molar-refractivity contribution in [2.24, 2.45) is 17.1 Å². The predicted octanol–water partition coefficient (Wildman–Crippen LogP) is 1.91. The summed E-state index contributed by atoms with van der Waals surface area (Å²) in [5.74, 6) is 0.784. The fraction of sp³-hybridized carbons (Fsp3) is 1.00. The molecular weight excluding hydrogens is 162 g/mol. The first kappa shape index (κ1) is 11.0. The Labute approximate surface area is 81.5 Å². The van der Waals surface area contributed by atoms with E-state index in [4.69, 9.17) is 10.8 Å². The average Bonchev–Trinajstić information content (AvgIpc) is 2.04.